The zero-order chi connectivity index (χ0) is 13.8. The van der Waals surface area contributed by atoms with Gasteiger partial charge in [-0.1, -0.05) is 17.7 Å². The number of benzene rings is 2. The first-order valence-corrected chi connectivity index (χ1v) is 5.99. The van der Waals surface area contributed by atoms with Crippen molar-refractivity contribution in [1.82, 2.24) is 0 Å². The fourth-order valence-electron chi connectivity index (χ4n) is 1.63. The van der Waals surface area contributed by atoms with E-state index in [0.29, 0.717) is 12.2 Å². The molecular formula is C14H12ClF2NO. The molecule has 0 aliphatic rings. The summed E-state index contributed by atoms with van der Waals surface area (Å²) in [5.41, 5.74) is 1.31. The number of rotatable bonds is 4. The van der Waals surface area contributed by atoms with E-state index in [0.717, 1.165) is 5.56 Å². The van der Waals surface area contributed by atoms with Gasteiger partial charge in [0, 0.05) is 12.2 Å². The predicted molar refractivity (Wildman–Crippen MR) is 71.7 cm³/mol. The zero-order valence-electron chi connectivity index (χ0n) is 10.2. The molecule has 19 heavy (non-hydrogen) atoms. The number of anilines is 1. The number of methoxy groups -OCH3 is 1. The molecule has 0 saturated carbocycles. The van der Waals surface area contributed by atoms with E-state index >= 15 is 0 Å². The average molecular weight is 284 g/mol. The summed E-state index contributed by atoms with van der Waals surface area (Å²) in [4.78, 5) is 0. The van der Waals surface area contributed by atoms with E-state index in [9.17, 15) is 8.78 Å². The standard InChI is InChI=1S/C14H12ClF2NO/c1-19-14-5-2-9(6-13(14)17)8-18-10-3-4-11(15)12(16)7-10/h2-7,18H,8H2,1H3. The summed E-state index contributed by atoms with van der Waals surface area (Å²) in [6.07, 6.45) is 0. The smallest absolute Gasteiger partial charge is 0.165 e. The van der Waals surface area contributed by atoms with Gasteiger partial charge in [-0.05, 0) is 35.9 Å². The molecule has 5 heteroatoms. The van der Waals surface area contributed by atoms with Crippen LogP contribution < -0.4 is 10.1 Å². The Morgan fingerprint density at radius 3 is 2.53 bits per heavy atom. The van der Waals surface area contributed by atoms with Crippen LogP contribution >= 0.6 is 11.6 Å². The Hall–Kier alpha value is -1.81. The van der Waals surface area contributed by atoms with E-state index in [2.05, 4.69) is 5.32 Å². The van der Waals surface area contributed by atoms with Gasteiger partial charge in [0.1, 0.15) is 5.82 Å². The zero-order valence-corrected chi connectivity index (χ0v) is 11.0. The maximum atomic E-state index is 13.5. The average Bonchev–Trinajstić information content (AvgIpc) is 2.40. The van der Waals surface area contributed by atoms with Crippen LogP contribution in [0.3, 0.4) is 0 Å². The SMILES string of the molecule is COc1ccc(CNc2ccc(Cl)c(F)c2)cc1F. The van der Waals surface area contributed by atoms with Gasteiger partial charge in [0.25, 0.3) is 0 Å². The van der Waals surface area contributed by atoms with Crippen molar-refractivity contribution in [3.8, 4) is 5.75 Å². The monoisotopic (exact) mass is 283 g/mol. The fraction of sp³-hybridized carbons (Fsp3) is 0.143. The summed E-state index contributed by atoms with van der Waals surface area (Å²) in [6, 6.07) is 9.08. The highest BCUT2D eigenvalue weighted by molar-refractivity contribution is 6.30. The molecule has 0 amide bonds. The molecule has 2 aromatic carbocycles. The maximum absolute atomic E-state index is 13.5. The van der Waals surface area contributed by atoms with E-state index in [1.165, 1.54) is 25.3 Å². The molecule has 0 atom stereocenters. The third-order valence-electron chi connectivity index (χ3n) is 2.63. The van der Waals surface area contributed by atoms with Crippen LogP contribution in [0.1, 0.15) is 5.56 Å². The molecule has 0 aliphatic carbocycles. The molecule has 1 N–H and O–H groups in total. The molecule has 0 heterocycles. The number of ether oxygens (including phenoxy) is 1. The first kappa shape index (κ1) is 13.6. The third kappa shape index (κ3) is 3.35. The van der Waals surface area contributed by atoms with E-state index < -0.39 is 11.6 Å². The van der Waals surface area contributed by atoms with Gasteiger partial charge in [0.15, 0.2) is 11.6 Å². The Bertz CT molecular complexity index is 590. The van der Waals surface area contributed by atoms with Crippen LogP contribution in [0.4, 0.5) is 14.5 Å². The van der Waals surface area contributed by atoms with Gasteiger partial charge >= 0.3 is 0 Å². The van der Waals surface area contributed by atoms with Crippen molar-refractivity contribution in [2.24, 2.45) is 0 Å². The second-order valence-electron chi connectivity index (χ2n) is 3.95. The summed E-state index contributed by atoms with van der Waals surface area (Å²) < 4.78 is 31.5. The molecule has 2 nitrogen and oxygen atoms in total. The fourth-order valence-corrected chi connectivity index (χ4v) is 1.75. The Morgan fingerprint density at radius 1 is 1.11 bits per heavy atom. The second-order valence-corrected chi connectivity index (χ2v) is 4.36. The molecule has 100 valence electrons. The lowest BCUT2D eigenvalue weighted by Crippen LogP contribution is -2.00. The van der Waals surface area contributed by atoms with Gasteiger partial charge in [0.2, 0.25) is 0 Å². The molecule has 0 saturated heterocycles. The molecule has 0 fully saturated rings. The van der Waals surface area contributed by atoms with Crippen molar-refractivity contribution in [3.63, 3.8) is 0 Å². The van der Waals surface area contributed by atoms with Crippen LogP contribution in [0.25, 0.3) is 0 Å². The van der Waals surface area contributed by atoms with Gasteiger partial charge in [-0.3, -0.25) is 0 Å². The number of nitrogens with one attached hydrogen (secondary N) is 1. The van der Waals surface area contributed by atoms with Crippen LogP contribution in [-0.2, 0) is 6.54 Å². The quantitative estimate of drug-likeness (QED) is 0.906. The molecule has 0 spiro atoms. The van der Waals surface area contributed by atoms with E-state index in [-0.39, 0.29) is 10.8 Å². The molecule has 2 aromatic rings. The second kappa shape index (κ2) is 5.89. The van der Waals surface area contributed by atoms with Crippen molar-refractivity contribution < 1.29 is 13.5 Å². The number of halogens is 3. The molecule has 0 bridgehead atoms. The van der Waals surface area contributed by atoms with Crippen molar-refractivity contribution in [1.29, 1.82) is 0 Å². The third-order valence-corrected chi connectivity index (χ3v) is 2.94. The van der Waals surface area contributed by atoms with Crippen LogP contribution in [0, 0.1) is 11.6 Å². The van der Waals surface area contributed by atoms with E-state index in [4.69, 9.17) is 16.3 Å². The number of hydrogen-bond donors (Lipinski definition) is 1. The molecule has 0 aliphatic heterocycles. The summed E-state index contributed by atoms with van der Waals surface area (Å²) in [5, 5.41) is 3.06. The molecule has 0 unspecified atom stereocenters. The summed E-state index contributed by atoms with van der Waals surface area (Å²) in [6.45, 7) is 0.377. The molecular weight excluding hydrogens is 272 g/mol. The van der Waals surface area contributed by atoms with Gasteiger partial charge in [0.05, 0.1) is 12.1 Å². The highest BCUT2D eigenvalue weighted by atomic mass is 35.5. The van der Waals surface area contributed by atoms with Crippen LogP contribution in [0.5, 0.6) is 5.75 Å². The lowest BCUT2D eigenvalue weighted by Gasteiger charge is -2.08. The lowest BCUT2D eigenvalue weighted by atomic mass is 10.2. The van der Waals surface area contributed by atoms with Gasteiger partial charge in [-0.15, -0.1) is 0 Å². The predicted octanol–water partition coefficient (Wildman–Crippen LogP) is 4.24. The van der Waals surface area contributed by atoms with Crippen LogP contribution in [0.15, 0.2) is 36.4 Å². The summed E-state index contributed by atoms with van der Waals surface area (Å²) in [5.74, 6) is -0.724. The van der Waals surface area contributed by atoms with Crippen LogP contribution in [0.2, 0.25) is 5.02 Å². The largest absolute Gasteiger partial charge is 0.494 e. The Labute approximate surface area is 115 Å². The molecule has 2 rings (SSSR count). The van der Waals surface area contributed by atoms with Gasteiger partial charge < -0.3 is 10.1 Å². The highest BCUT2D eigenvalue weighted by Crippen LogP contribution is 2.21. The minimum absolute atomic E-state index is 0.0704. The molecule has 0 aromatic heterocycles. The minimum Gasteiger partial charge on any atom is -0.494 e. The van der Waals surface area contributed by atoms with Crippen molar-refractivity contribution >= 4 is 17.3 Å². The van der Waals surface area contributed by atoms with Crippen molar-refractivity contribution in [2.45, 2.75) is 6.54 Å². The summed E-state index contributed by atoms with van der Waals surface area (Å²) in [7, 11) is 1.41. The topological polar surface area (TPSA) is 21.3 Å². The maximum Gasteiger partial charge on any atom is 0.165 e. The lowest BCUT2D eigenvalue weighted by molar-refractivity contribution is 0.386. The highest BCUT2D eigenvalue weighted by Gasteiger charge is 2.04. The Morgan fingerprint density at radius 2 is 1.89 bits per heavy atom. The molecule has 0 radical (unpaired) electrons. The van der Waals surface area contributed by atoms with Gasteiger partial charge in [-0.2, -0.15) is 0 Å². The van der Waals surface area contributed by atoms with Crippen molar-refractivity contribution in [3.05, 3.63) is 58.6 Å². The van der Waals surface area contributed by atoms with E-state index in [1.54, 1.807) is 18.2 Å². The minimum atomic E-state index is -0.493. The summed E-state index contributed by atoms with van der Waals surface area (Å²) >= 11 is 5.59. The normalized spacial score (nSPS) is 10.3. The first-order valence-electron chi connectivity index (χ1n) is 5.61. The first-order chi connectivity index (χ1) is 9.10. The Kier molecular flexibility index (Phi) is 4.22. The van der Waals surface area contributed by atoms with E-state index in [1.807, 2.05) is 0 Å². The Balaban J connectivity index is 2.05. The van der Waals surface area contributed by atoms with Gasteiger partial charge in [-0.25, -0.2) is 8.78 Å². The van der Waals surface area contributed by atoms with Crippen molar-refractivity contribution in [2.75, 3.05) is 12.4 Å². The van der Waals surface area contributed by atoms with Crippen LogP contribution in [-0.4, -0.2) is 7.11 Å². The number of hydrogen-bond acceptors (Lipinski definition) is 2.